The number of carbonyl (C=O) groups is 1. The van der Waals surface area contributed by atoms with Crippen molar-refractivity contribution in [3.63, 3.8) is 0 Å². The monoisotopic (exact) mass is 397 g/mol. The molecular weight excluding hydrogens is 370 g/mol. The first-order valence-corrected chi connectivity index (χ1v) is 11.1. The van der Waals surface area contributed by atoms with E-state index in [0.717, 1.165) is 32.1 Å². The molecule has 1 N–H and O–H groups in total. The summed E-state index contributed by atoms with van der Waals surface area (Å²) in [6.45, 7) is 2.50. The van der Waals surface area contributed by atoms with Crippen molar-refractivity contribution < 1.29 is 4.79 Å². The Labute approximate surface area is 169 Å². The zero-order valence-electron chi connectivity index (χ0n) is 16.3. The highest BCUT2D eigenvalue weighted by Gasteiger charge is 2.27. The highest BCUT2D eigenvalue weighted by Crippen LogP contribution is 2.26. The maximum absolute atomic E-state index is 13.2. The van der Waals surface area contributed by atoms with Crippen molar-refractivity contribution in [2.75, 3.05) is 0 Å². The van der Waals surface area contributed by atoms with Gasteiger partial charge < -0.3 is 5.32 Å². The topological polar surface area (TPSA) is 64.0 Å². The van der Waals surface area contributed by atoms with Crippen LogP contribution in [0.2, 0.25) is 0 Å². The summed E-state index contributed by atoms with van der Waals surface area (Å²) in [6, 6.07) is 7.80. The zero-order valence-corrected chi connectivity index (χ0v) is 17.1. The van der Waals surface area contributed by atoms with Gasteiger partial charge in [0.2, 0.25) is 5.91 Å². The SMILES string of the molecule is CC(Sc1nc2ccccc2c(=O)n1CCC1=CCCCC1)C(=O)NC1CC1. The van der Waals surface area contributed by atoms with Crippen molar-refractivity contribution in [1.29, 1.82) is 0 Å². The highest BCUT2D eigenvalue weighted by atomic mass is 32.2. The van der Waals surface area contributed by atoms with E-state index in [1.807, 2.05) is 31.2 Å². The molecule has 148 valence electrons. The van der Waals surface area contributed by atoms with Gasteiger partial charge in [-0.1, -0.05) is 35.5 Å². The van der Waals surface area contributed by atoms with Crippen LogP contribution in [0, 0.1) is 0 Å². The molecule has 1 amide bonds. The number of nitrogens with one attached hydrogen (secondary N) is 1. The molecule has 1 atom stereocenters. The fourth-order valence-corrected chi connectivity index (χ4v) is 4.52. The summed E-state index contributed by atoms with van der Waals surface area (Å²) >= 11 is 1.38. The lowest BCUT2D eigenvalue weighted by atomic mass is 9.97. The van der Waals surface area contributed by atoms with E-state index >= 15 is 0 Å². The molecule has 28 heavy (non-hydrogen) atoms. The Hall–Kier alpha value is -2.08. The van der Waals surface area contributed by atoms with Crippen molar-refractivity contribution in [3.8, 4) is 0 Å². The molecule has 0 aliphatic heterocycles. The maximum atomic E-state index is 13.2. The van der Waals surface area contributed by atoms with Crippen LogP contribution in [0.15, 0.2) is 45.9 Å². The van der Waals surface area contributed by atoms with Crippen LogP contribution in [-0.4, -0.2) is 26.8 Å². The van der Waals surface area contributed by atoms with Crippen LogP contribution >= 0.6 is 11.8 Å². The van der Waals surface area contributed by atoms with Gasteiger partial charge in [-0.05, 0) is 64.0 Å². The lowest BCUT2D eigenvalue weighted by Crippen LogP contribution is -2.33. The van der Waals surface area contributed by atoms with Crippen LogP contribution in [0.4, 0.5) is 0 Å². The Kier molecular flexibility index (Phi) is 5.85. The van der Waals surface area contributed by atoms with Gasteiger partial charge in [0.05, 0.1) is 16.2 Å². The van der Waals surface area contributed by atoms with Gasteiger partial charge in [-0.15, -0.1) is 0 Å². The second-order valence-electron chi connectivity index (χ2n) is 7.77. The number of aromatic nitrogens is 2. The molecule has 1 aromatic carbocycles. The second-order valence-corrected chi connectivity index (χ2v) is 9.08. The third kappa shape index (κ3) is 4.49. The number of fused-ring (bicyclic) bond motifs is 1. The standard InChI is InChI=1S/C22H27N3O2S/c1-15(20(26)23-17-11-12-17)28-22-24-19-10-6-5-9-18(19)21(27)25(22)14-13-16-7-3-2-4-8-16/h5-7,9-10,15,17H,2-4,8,11-14H2,1H3,(H,23,26). The van der Waals surface area contributed by atoms with Gasteiger partial charge >= 0.3 is 0 Å². The minimum absolute atomic E-state index is 0.0145. The number of hydrogen-bond acceptors (Lipinski definition) is 4. The van der Waals surface area contributed by atoms with E-state index in [-0.39, 0.29) is 16.7 Å². The normalized spacial score (nSPS) is 18.0. The number of allylic oxidation sites excluding steroid dienone is 2. The summed E-state index contributed by atoms with van der Waals surface area (Å²) < 4.78 is 1.77. The lowest BCUT2D eigenvalue weighted by molar-refractivity contribution is -0.120. The molecule has 1 aromatic heterocycles. The first-order valence-electron chi connectivity index (χ1n) is 10.3. The van der Waals surface area contributed by atoms with Crippen LogP contribution in [0.25, 0.3) is 10.9 Å². The fourth-order valence-electron chi connectivity index (χ4n) is 3.58. The molecule has 0 radical (unpaired) electrons. The first-order chi connectivity index (χ1) is 13.6. The zero-order chi connectivity index (χ0) is 19.5. The summed E-state index contributed by atoms with van der Waals surface area (Å²) in [5.41, 5.74) is 2.11. The van der Waals surface area contributed by atoms with Crippen molar-refractivity contribution in [2.45, 2.75) is 74.9 Å². The van der Waals surface area contributed by atoms with Crippen LogP contribution in [0.1, 0.15) is 51.9 Å². The van der Waals surface area contributed by atoms with Gasteiger partial charge in [-0.25, -0.2) is 4.98 Å². The molecule has 0 bridgehead atoms. The Morgan fingerprint density at radius 3 is 2.89 bits per heavy atom. The predicted octanol–water partition coefficient (Wildman–Crippen LogP) is 4.05. The van der Waals surface area contributed by atoms with Gasteiger partial charge in [0, 0.05) is 12.6 Å². The number of rotatable bonds is 7. The molecule has 2 aromatic rings. The van der Waals surface area contributed by atoms with Gasteiger partial charge in [0.15, 0.2) is 5.16 Å². The molecule has 5 nitrogen and oxygen atoms in total. The van der Waals surface area contributed by atoms with Gasteiger partial charge in [-0.2, -0.15) is 0 Å². The molecule has 0 saturated heterocycles. The van der Waals surface area contributed by atoms with E-state index < -0.39 is 0 Å². The maximum Gasteiger partial charge on any atom is 0.262 e. The second kappa shape index (κ2) is 8.52. The van der Waals surface area contributed by atoms with Crippen LogP contribution < -0.4 is 10.9 Å². The largest absolute Gasteiger partial charge is 0.352 e. The summed E-state index contributed by atoms with van der Waals surface area (Å²) in [5.74, 6) is 0.0245. The Morgan fingerprint density at radius 2 is 2.14 bits per heavy atom. The van der Waals surface area contributed by atoms with Gasteiger partial charge in [0.25, 0.3) is 5.56 Å². The number of benzene rings is 1. The summed E-state index contributed by atoms with van der Waals surface area (Å²) in [5, 5.41) is 4.04. The minimum atomic E-state index is -0.284. The number of thioether (sulfide) groups is 1. The molecule has 2 aliphatic carbocycles. The van der Waals surface area contributed by atoms with E-state index in [2.05, 4.69) is 11.4 Å². The third-order valence-corrected chi connectivity index (χ3v) is 6.53. The molecule has 6 heteroatoms. The van der Waals surface area contributed by atoms with E-state index in [1.165, 1.54) is 30.2 Å². The van der Waals surface area contributed by atoms with E-state index in [4.69, 9.17) is 4.98 Å². The number of carbonyl (C=O) groups excluding carboxylic acids is 1. The molecule has 2 aliphatic rings. The minimum Gasteiger partial charge on any atom is -0.352 e. The van der Waals surface area contributed by atoms with E-state index in [0.29, 0.717) is 28.6 Å². The molecule has 4 rings (SSSR count). The van der Waals surface area contributed by atoms with Crippen molar-refractivity contribution >= 4 is 28.6 Å². The number of nitrogens with zero attached hydrogens (tertiary/aromatic N) is 2. The van der Waals surface area contributed by atoms with Crippen molar-refractivity contribution in [1.82, 2.24) is 14.9 Å². The third-order valence-electron chi connectivity index (χ3n) is 5.44. The lowest BCUT2D eigenvalue weighted by Gasteiger charge is -2.18. The van der Waals surface area contributed by atoms with E-state index in [9.17, 15) is 9.59 Å². The molecule has 1 fully saturated rings. The van der Waals surface area contributed by atoms with Crippen molar-refractivity contribution in [2.24, 2.45) is 0 Å². The molecule has 1 unspecified atom stereocenters. The summed E-state index contributed by atoms with van der Waals surface area (Å²) in [4.78, 5) is 30.3. The molecule has 1 heterocycles. The highest BCUT2D eigenvalue weighted by molar-refractivity contribution is 8.00. The predicted molar refractivity (Wildman–Crippen MR) is 114 cm³/mol. The number of amides is 1. The number of para-hydroxylation sites is 1. The molecule has 0 spiro atoms. The number of hydrogen-bond donors (Lipinski definition) is 1. The Bertz CT molecular complexity index is 962. The summed E-state index contributed by atoms with van der Waals surface area (Å²) in [7, 11) is 0. The average Bonchev–Trinajstić information content (AvgIpc) is 3.52. The van der Waals surface area contributed by atoms with Gasteiger partial charge in [-0.3, -0.25) is 14.2 Å². The van der Waals surface area contributed by atoms with Crippen LogP contribution in [0.5, 0.6) is 0 Å². The quantitative estimate of drug-likeness (QED) is 0.435. The fraction of sp³-hybridized carbons (Fsp3) is 0.500. The first kappa shape index (κ1) is 19.2. The Morgan fingerprint density at radius 1 is 1.32 bits per heavy atom. The van der Waals surface area contributed by atoms with Crippen LogP contribution in [0.3, 0.4) is 0 Å². The molecular formula is C22H27N3O2S. The Balaban J connectivity index is 1.61. The molecule has 1 saturated carbocycles. The smallest absolute Gasteiger partial charge is 0.262 e. The van der Waals surface area contributed by atoms with Crippen molar-refractivity contribution in [3.05, 3.63) is 46.3 Å². The van der Waals surface area contributed by atoms with Gasteiger partial charge in [0.1, 0.15) is 0 Å². The average molecular weight is 398 g/mol. The van der Waals surface area contributed by atoms with E-state index in [1.54, 1.807) is 4.57 Å². The summed E-state index contributed by atoms with van der Waals surface area (Å²) in [6.07, 6.45) is 10.1. The van der Waals surface area contributed by atoms with Crippen LogP contribution in [-0.2, 0) is 11.3 Å².